The van der Waals surface area contributed by atoms with Gasteiger partial charge in [0.25, 0.3) is 0 Å². The lowest BCUT2D eigenvalue weighted by Gasteiger charge is -2.28. The van der Waals surface area contributed by atoms with E-state index in [0.29, 0.717) is 13.2 Å². The Kier molecular flexibility index (Phi) is 32.0. The summed E-state index contributed by atoms with van der Waals surface area (Å²) in [4.78, 5) is 22.0. The molecule has 0 aliphatic carbocycles. The topological polar surface area (TPSA) is 52.6 Å². The Labute approximate surface area is 263 Å². The van der Waals surface area contributed by atoms with Crippen LogP contribution in [-0.2, 0) is 19.1 Å². The highest BCUT2D eigenvalue weighted by atomic mass is 16.5. The van der Waals surface area contributed by atoms with E-state index < -0.39 is 0 Å². The van der Waals surface area contributed by atoms with Crippen molar-refractivity contribution >= 4 is 11.9 Å². The van der Waals surface area contributed by atoms with Crippen molar-refractivity contribution in [2.45, 2.75) is 207 Å². The van der Waals surface area contributed by atoms with Gasteiger partial charge in [-0.1, -0.05) is 181 Å². The summed E-state index contributed by atoms with van der Waals surface area (Å²) in [5.41, 5.74) is 0. The zero-order valence-electron chi connectivity index (χ0n) is 29.0. The summed E-state index contributed by atoms with van der Waals surface area (Å²) in [5, 5.41) is 0. The lowest BCUT2D eigenvalue weighted by atomic mass is 9.78. The molecule has 0 radical (unpaired) electrons. The average molecular weight is 595 g/mol. The molecular weight excluding hydrogens is 520 g/mol. The standard InChI is InChI=1S/C38H74O4/c1-5-7-9-11-13-17-23-29-37(31-25-19-15-21-27-33-41-35(3)39)38(30-24-18-14-12-10-8-6-2)32-26-20-16-22-28-34-42-36(4)40/h37-38H,5-34H2,1-4H3. The van der Waals surface area contributed by atoms with E-state index in [1.807, 2.05) is 0 Å². The van der Waals surface area contributed by atoms with Crippen molar-refractivity contribution in [1.82, 2.24) is 0 Å². The van der Waals surface area contributed by atoms with E-state index in [9.17, 15) is 9.59 Å². The maximum Gasteiger partial charge on any atom is 0.302 e. The first kappa shape index (κ1) is 40.9. The van der Waals surface area contributed by atoms with Gasteiger partial charge in [0, 0.05) is 13.8 Å². The van der Waals surface area contributed by atoms with Gasteiger partial charge in [-0.15, -0.1) is 0 Å². The summed E-state index contributed by atoms with van der Waals surface area (Å²) in [5.74, 6) is 1.48. The molecule has 0 aromatic carbocycles. The van der Waals surface area contributed by atoms with Gasteiger partial charge in [-0.3, -0.25) is 9.59 Å². The normalized spacial score (nSPS) is 12.8. The summed E-state index contributed by atoms with van der Waals surface area (Å²) in [6.45, 7) is 8.78. The van der Waals surface area contributed by atoms with E-state index in [1.165, 1.54) is 181 Å². The van der Waals surface area contributed by atoms with E-state index in [-0.39, 0.29) is 11.9 Å². The van der Waals surface area contributed by atoms with Gasteiger partial charge in [-0.05, 0) is 24.7 Å². The summed E-state index contributed by atoms with van der Waals surface area (Å²) in [6, 6.07) is 0. The Morgan fingerprint density at radius 2 is 0.619 bits per heavy atom. The van der Waals surface area contributed by atoms with Crippen molar-refractivity contribution in [3.63, 3.8) is 0 Å². The molecule has 42 heavy (non-hydrogen) atoms. The van der Waals surface area contributed by atoms with Crippen molar-refractivity contribution in [3.05, 3.63) is 0 Å². The molecule has 0 saturated carbocycles. The van der Waals surface area contributed by atoms with Gasteiger partial charge in [-0.25, -0.2) is 0 Å². The number of ether oxygens (including phenoxy) is 2. The van der Waals surface area contributed by atoms with E-state index >= 15 is 0 Å². The zero-order chi connectivity index (χ0) is 30.9. The zero-order valence-corrected chi connectivity index (χ0v) is 29.0. The first-order chi connectivity index (χ1) is 20.5. The van der Waals surface area contributed by atoms with Gasteiger partial charge in [0.15, 0.2) is 0 Å². The number of carbonyl (C=O) groups is 2. The number of rotatable bonds is 33. The fourth-order valence-electron chi connectivity index (χ4n) is 6.47. The minimum Gasteiger partial charge on any atom is -0.466 e. The number of esters is 2. The van der Waals surface area contributed by atoms with Crippen LogP contribution in [0.15, 0.2) is 0 Å². The van der Waals surface area contributed by atoms with E-state index in [1.54, 1.807) is 0 Å². The summed E-state index contributed by atoms with van der Waals surface area (Å²) in [6.07, 6.45) is 37.6. The van der Waals surface area contributed by atoms with Crippen LogP contribution in [0, 0.1) is 11.8 Å². The lowest BCUT2D eigenvalue weighted by molar-refractivity contribution is -0.142. The van der Waals surface area contributed by atoms with Crippen molar-refractivity contribution < 1.29 is 19.1 Å². The molecule has 0 bridgehead atoms. The number of carbonyl (C=O) groups excluding carboxylic acids is 2. The van der Waals surface area contributed by atoms with Crippen molar-refractivity contribution in [2.24, 2.45) is 11.8 Å². The predicted octanol–water partition coefficient (Wildman–Crippen LogP) is 12.3. The number of unbranched alkanes of at least 4 members (excludes halogenated alkanes) is 20. The molecule has 0 aliphatic rings. The Balaban J connectivity index is 4.78. The molecule has 250 valence electrons. The summed E-state index contributed by atoms with van der Waals surface area (Å²) < 4.78 is 10.2. The van der Waals surface area contributed by atoms with Gasteiger partial charge in [0.2, 0.25) is 0 Å². The van der Waals surface area contributed by atoms with Crippen LogP contribution in [0.4, 0.5) is 0 Å². The third-order valence-corrected chi connectivity index (χ3v) is 9.07. The maximum absolute atomic E-state index is 11.0. The van der Waals surface area contributed by atoms with Crippen LogP contribution in [0.5, 0.6) is 0 Å². The van der Waals surface area contributed by atoms with Crippen LogP contribution < -0.4 is 0 Å². The molecule has 0 aromatic heterocycles. The van der Waals surface area contributed by atoms with E-state index in [0.717, 1.165) is 24.7 Å². The molecule has 2 unspecified atom stereocenters. The second-order valence-corrected chi connectivity index (χ2v) is 13.1. The van der Waals surface area contributed by atoms with Crippen LogP contribution in [0.2, 0.25) is 0 Å². The largest absolute Gasteiger partial charge is 0.466 e. The van der Waals surface area contributed by atoms with Crippen LogP contribution in [-0.4, -0.2) is 25.2 Å². The van der Waals surface area contributed by atoms with Crippen molar-refractivity contribution in [3.8, 4) is 0 Å². The fraction of sp³-hybridized carbons (Fsp3) is 0.947. The predicted molar refractivity (Wildman–Crippen MR) is 181 cm³/mol. The molecule has 0 saturated heterocycles. The molecule has 0 N–H and O–H groups in total. The van der Waals surface area contributed by atoms with Crippen LogP contribution in [0.1, 0.15) is 207 Å². The average Bonchev–Trinajstić information content (AvgIpc) is 2.96. The second-order valence-electron chi connectivity index (χ2n) is 13.1. The molecular formula is C38H74O4. The van der Waals surface area contributed by atoms with Crippen molar-refractivity contribution in [2.75, 3.05) is 13.2 Å². The van der Waals surface area contributed by atoms with Gasteiger partial charge in [-0.2, -0.15) is 0 Å². The molecule has 0 aromatic rings. The minimum absolute atomic E-state index is 0.155. The minimum atomic E-state index is -0.155. The van der Waals surface area contributed by atoms with Crippen molar-refractivity contribution in [1.29, 1.82) is 0 Å². The number of hydrogen-bond donors (Lipinski definition) is 0. The molecule has 0 heterocycles. The molecule has 0 amide bonds. The highest BCUT2D eigenvalue weighted by molar-refractivity contribution is 5.66. The highest BCUT2D eigenvalue weighted by Gasteiger charge is 2.20. The first-order valence-electron chi connectivity index (χ1n) is 18.8. The summed E-state index contributed by atoms with van der Waals surface area (Å²) in [7, 11) is 0. The fourth-order valence-corrected chi connectivity index (χ4v) is 6.47. The third kappa shape index (κ3) is 30.4. The summed E-state index contributed by atoms with van der Waals surface area (Å²) >= 11 is 0. The molecule has 4 nitrogen and oxygen atoms in total. The molecule has 4 heteroatoms. The van der Waals surface area contributed by atoms with Gasteiger partial charge in [0.1, 0.15) is 0 Å². The quantitative estimate of drug-likeness (QED) is 0.0560. The lowest BCUT2D eigenvalue weighted by Crippen LogP contribution is -2.16. The molecule has 2 atom stereocenters. The highest BCUT2D eigenvalue weighted by Crippen LogP contribution is 2.33. The molecule has 0 rings (SSSR count). The van der Waals surface area contributed by atoms with Crippen LogP contribution >= 0.6 is 0 Å². The Bertz CT molecular complexity index is 525. The Hall–Kier alpha value is -1.06. The monoisotopic (exact) mass is 595 g/mol. The van der Waals surface area contributed by atoms with Crippen LogP contribution in [0.3, 0.4) is 0 Å². The smallest absolute Gasteiger partial charge is 0.302 e. The third-order valence-electron chi connectivity index (χ3n) is 9.07. The van der Waals surface area contributed by atoms with Crippen LogP contribution in [0.25, 0.3) is 0 Å². The Morgan fingerprint density at radius 1 is 0.381 bits per heavy atom. The van der Waals surface area contributed by atoms with E-state index in [4.69, 9.17) is 9.47 Å². The van der Waals surface area contributed by atoms with Gasteiger partial charge in [0.05, 0.1) is 13.2 Å². The number of hydrogen-bond acceptors (Lipinski definition) is 4. The molecule has 0 fully saturated rings. The SMILES string of the molecule is CCCCCCCCCC(CCCCCCCOC(C)=O)C(CCCCCCCCC)CCCCCCCOC(C)=O. The Morgan fingerprint density at radius 3 is 0.881 bits per heavy atom. The first-order valence-corrected chi connectivity index (χ1v) is 18.8. The molecule has 0 spiro atoms. The van der Waals surface area contributed by atoms with Gasteiger partial charge >= 0.3 is 11.9 Å². The second kappa shape index (κ2) is 32.8. The van der Waals surface area contributed by atoms with E-state index in [2.05, 4.69) is 13.8 Å². The van der Waals surface area contributed by atoms with Gasteiger partial charge < -0.3 is 9.47 Å². The maximum atomic E-state index is 11.0. The molecule has 0 aliphatic heterocycles.